The number of hydrogen-bond acceptors (Lipinski definition) is 4. The maximum absolute atomic E-state index is 11.5. The first-order chi connectivity index (χ1) is 14.5. The van der Waals surface area contributed by atoms with Gasteiger partial charge >= 0.3 is 0 Å². The minimum absolute atomic E-state index is 0.0669. The quantitative estimate of drug-likeness (QED) is 0.491. The van der Waals surface area contributed by atoms with Crippen LogP contribution in [0.25, 0.3) is 0 Å². The van der Waals surface area contributed by atoms with Gasteiger partial charge in [0.25, 0.3) is 0 Å². The molecule has 0 amide bonds. The van der Waals surface area contributed by atoms with Crippen LogP contribution in [0.5, 0.6) is 0 Å². The van der Waals surface area contributed by atoms with Crippen molar-refractivity contribution in [2.45, 2.75) is 109 Å². The minimum Gasteiger partial charge on any atom is -0.393 e. The molecule has 176 valence electrons. The Kier molecular flexibility index (Phi) is 7.57. The molecule has 3 fully saturated rings. The molecule has 0 aromatic rings. The van der Waals surface area contributed by atoms with E-state index in [0.29, 0.717) is 31.6 Å². The summed E-state index contributed by atoms with van der Waals surface area (Å²) >= 11 is 0. The van der Waals surface area contributed by atoms with E-state index in [1.807, 2.05) is 20.8 Å². The Hall–Kier alpha value is -0.940. The molecule has 0 aromatic carbocycles. The van der Waals surface area contributed by atoms with Gasteiger partial charge in [0.2, 0.25) is 0 Å². The standard InChI is InChI=1S/C27H44O4/c1-17(2)23(29)12-14-27(5,31)25-11-10-22-19(7-6-13-26(22,25)4)8-9-20-15-21(28)16-24(30)18(20)3/h8-9,17,21-25,28-31H,3,6-7,10-16H2,1-2,4-5H3/b19-8+,20-9-/t21-,22-,23?,24+,25-,26-,27+/m0/s1. The van der Waals surface area contributed by atoms with Crippen molar-refractivity contribution in [1.29, 1.82) is 0 Å². The second kappa shape index (κ2) is 9.51. The van der Waals surface area contributed by atoms with E-state index in [9.17, 15) is 20.4 Å². The van der Waals surface area contributed by atoms with Gasteiger partial charge < -0.3 is 20.4 Å². The second-order valence-corrected chi connectivity index (χ2v) is 11.3. The van der Waals surface area contributed by atoms with Crippen molar-refractivity contribution >= 4 is 0 Å². The first-order valence-corrected chi connectivity index (χ1v) is 12.3. The first kappa shape index (κ1) is 24.7. The molecule has 3 saturated carbocycles. The van der Waals surface area contributed by atoms with Crippen molar-refractivity contribution in [3.63, 3.8) is 0 Å². The molecule has 0 saturated heterocycles. The molecule has 31 heavy (non-hydrogen) atoms. The molecule has 4 nitrogen and oxygen atoms in total. The van der Waals surface area contributed by atoms with Gasteiger partial charge in [-0.15, -0.1) is 0 Å². The minimum atomic E-state index is -0.772. The lowest BCUT2D eigenvalue weighted by molar-refractivity contribution is -0.0722. The third-order valence-corrected chi connectivity index (χ3v) is 8.70. The average molecular weight is 433 g/mol. The Bertz CT molecular complexity index is 719. The van der Waals surface area contributed by atoms with Gasteiger partial charge in [0.15, 0.2) is 0 Å². The largest absolute Gasteiger partial charge is 0.393 e. The summed E-state index contributed by atoms with van der Waals surface area (Å²) in [6.45, 7) is 12.4. The fourth-order valence-electron chi connectivity index (χ4n) is 6.67. The Morgan fingerprint density at radius 1 is 1.23 bits per heavy atom. The van der Waals surface area contributed by atoms with Gasteiger partial charge in [-0.3, -0.25) is 0 Å². The number of allylic oxidation sites excluding steroid dienone is 3. The first-order valence-electron chi connectivity index (χ1n) is 12.3. The summed E-state index contributed by atoms with van der Waals surface area (Å²) in [5.74, 6) is 0.900. The van der Waals surface area contributed by atoms with Crippen LogP contribution in [0.4, 0.5) is 0 Å². The van der Waals surface area contributed by atoms with E-state index in [0.717, 1.165) is 43.3 Å². The van der Waals surface area contributed by atoms with Crippen LogP contribution in [-0.4, -0.2) is 44.3 Å². The molecule has 4 N–H and O–H groups in total. The highest BCUT2D eigenvalue weighted by molar-refractivity contribution is 5.38. The highest BCUT2D eigenvalue weighted by Gasteiger charge is 2.54. The number of aliphatic hydroxyl groups is 4. The highest BCUT2D eigenvalue weighted by Crippen LogP contribution is 2.60. The van der Waals surface area contributed by atoms with Crippen molar-refractivity contribution in [1.82, 2.24) is 0 Å². The maximum Gasteiger partial charge on any atom is 0.0811 e. The molecular formula is C27H44O4. The molecule has 3 aliphatic carbocycles. The van der Waals surface area contributed by atoms with E-state index in [1.54, 1.807) is 0 Å². The third kappa shape index (κ3) is 5.19. The van der Waals surface area contributed by atoms with Crippen molar-refractivity contribution in [3.05, 3.63) is 35.5 Å². The van der Waals surface area contributed by atoms with Gasteiger partial charge in [-0.25, -0.2) is 0 Å². The Balaban J connectivity index is 1.77. The van der Waals surface area contributed by atoms with Crippen molar-refractivity contribution in [2.75, 3.05) is 0 Å². The van der Waals surface area contributed by atoms with Gasteiger partial charge in [-0.05, 0) is 92.6 Å². The molecule has 4 heteroatoms. The van der Waals surface area contributed by atoms with Crippen LogP contribution in [0.1, 0.15) is 85.5 Å². The normalized spacial score (nSPS) is 39.7. The van der Waals surface area contributed by atoms with Crippen LogP contribution < -0.4 is 0 Å². The van der Waals surface area contributed by atoms with Crippen molar-refractivity contribution in [2.24, 2.45) is 23.2 Å². The van der Waals surface area contributed by atoms with E-state index in [-0.39, 0.29) is 23.4 Å². The molecule has 0 aliphatic heterocycles. The van der Waals surface area contributed by atoms with Crippen LogP contribution in [0.3, 0.4) is 0 Å². The molecule has 7 atom stereocenters. The summed E-state index contributed by atoms with van der Waals surface area (Å²) in [5, 5.41) is 41.9. The summed E-state index contributed by atoms with van der Waals surface area (Å²) in [5.41, 5.74) is 2.42. The summed E-state index contributed by atoms with van der Waals surface area (Å²) in [4.78, 5) is 0. The molecule has 3 rings (SSSR count). The van der Waals surface area contributed by atoms with Gasteiger partial charge in [-0.2, -0.15) is 0 Å². The topological polar surface area (TPSA) is 80.9 Å². The van der Waals surface area contributed by atoms with Crippen LogP contribution in [0.2, 0.25) is 0 Å². The Morgan fingerprint density at radius 3 is 2.61 bits per heavy atom. The fourth-order valence-corrected chi connectivity index (χ4v) is 6.67. The second-order valence-electron chi connectivity index (χ2n) is 11.3. The van der Waals surface area contributed by atoms with E-state index in [1.165, 1.54) is 5.57 Å². The summed E-state index contributed by atoms with van der Waals surface area (Å²) in [7, 11) is 0. The van der Waals surface area contributed by atoms with Crippen LogP contribution in [0.15, 0.2) is 35.5 Å². The zero-order valence-corrected chi connectivity index (χ0v) is 20.0. The zero-order chi connectivity index (χ0) is 23.0. The molecule has 0 heterocycles. The summed E-state index contributed by atoms with van der Waals surface area (Å²) in [6, 6.07) is 0. The average Bonchev–Trinajstić information content (AvgIpc) is 3.06. The predicted octanol–water partition coefficient (Wildman–Crippen LogP) is 4.68. The van der Waals surface area contributed by atoms with Crippen LogP contribution >= 0.6 is 0 Å². The lowest BCUT2D eigenvalue weighted by Gasteiger charge is -2.47. The lowest BCUT2D eigenvalue weighted by atomic mass is 9.59. The number of fused-ring (bicyclic) bond motifs is 1. The van der Waals surface area contributed by atoms with E-state index >= 15 is 0 Å². The Morgan fingerprint density at radius 2 is 1.94 bits per heavy atom. The monoisotopic (exact) mass is 432 g/mol. The smallest absolute Gasteiger partial charge is 0.0811 e. The van der Waals surface area contributed by atoms with Crippen LogP contribution in [0, 0.1) is 23.2 Å². The van der Waals surface area contributed by atoms with Crippen molar-refractivity contribution < 1.29 is 20.4 Å². The summed E-state index contributed by atoms with van der Waals surface area (Å²) in [6.07, 6.45) is 10.4. The molecule has 0 radical (unpaired) electrons. The third-order valence-electron chi connectivity index (χ3n) is 8.70. The lowest BCUT2D eigenvalue weighted by Crippen LogP contribution is -2.45. The van der Waals surface area contributed by atoms with Gasteiger partial charge in [-0.1, -0.05) is 45.1 Å². The van der Waals surface area contributed by atoms with Gasteiger partial charge in [0, 0.05) is 6.42 Å². The SMILES string of the molecule is C=C1/C(=C\C=C2/CCC[C@@]3(C)[C@H]2CC[C@@H]3[C@](C)(O)CCC(O)C(C)C)C[C@H](O)C[C@H]1O. The summed E-state index contributed by atoms with van der Waals surface area (Å²) < 4.78 is 0. The number of rotatable bonds is 6. The highest BCUT2D eigenvalue weighted by atomic mass is 16.3. The van der Waals surface area contributed by atoms with Gasteiger partial charge in [0.1, 0.15) is 0 Å². The predicted molar refractivity (Wildman–Crippen MR) is 125 cm³/mol. The van der Waals surface area contributed by atoms with Gasteiger partial charge in [0.05, 0.1) is 23.9 Å². The van der Waals surface area contributed by atoms with Crippen molar-refractivity contribution in [3.8, 4) is 0 Å². The van der Waals surface area contributed by atoms with E-state index in [2.05, 4.69) is 25.7 Å². The van der Waals surface area contributed by atoms with E-state index in [4.69, 9.17) is 0 Å². The molecule has 0 bridgehead atoms. The molecular weight excluding hydrogens is 388 g/mol. The number of aliphatic hydroxyl groups excluding tert-OH is 3. The molecule has 3 aliphatic rings. The zero-order valence-electron chi connectivity index (χ0n) is 20.0. The molecule has 0 spiro atoms. The van der Waals surface area contributed by atoms with E-state index < -0.39 is 17.8 Å². The fraction of sp³-hybridized carbons (Fsp3) is 0.778. The Labute approximate surface area is 188 Å². The van der Waals surface area contributed by atoms with Crippen LogP contribution in [-0.2, 0) is 0 Å². The molecule has 1 unspecified atom stereocenters. The maximum atomic E-state index is 11.5. The number of hydrogen-bond donors (Lipinski definition) is 4. The molecule has 0 aromatic heterocycles.